The SMILES string of the molecule is C=CC[NH2+]CC(=O)Nc1sc2c(c1C(=O)OCC)CCC(C)C2. The lowest BCUT2D eigenvalue weighted by Gasteiger charge is -2.18. The fourth-order valence-electron chi connectivity index (χ4n) is 2.77. The zero-order chi connectivity index (χ0) is 16.8. The molecule has 1 heterocycles. The van der Waals surface area contributed by atoms with Crippen LogP contribution in [0.3, 0.4) is 0 Å². The summed E-state index contributed by atoms with van der Waals surface area (Å²) in [6.07, 6.45) is 4.66. The van der Waals surface area contributed by atoms with Crippen LogP contribution in [0.4, 0.5) is 5.00 Å². The van der Waals surface area contributed by atoms with Crippen molar-refractivity contribution in [1.82, 2.24) is 0 Å². The van der Waals surface area contributed by atoms with Gasteiger partial charge in [0.05, 0.1) is 18.7 Å². The number of thiophene rings is 1. The van der Waals surface area contributed by atoms with Crippen molar-refractivity contribution in [2.24, 2.45) is 5.92 Å². The predicted octanol–water partition coefficient (Wildman–Crippen LogP) is 1.74. The van der Waals surface area contributed by atoms with Crippen LogP contribution in [0.5, 0.6) is 0 Å². The summed E-state index contributed by atoms with van der Waals surface area (Å²) in [4.78, 5) is 25.6. The average Bonchev–Trinajstić information content (AvgIpc) is 2.84. The Morgan fingerprint density at radius 1 is 1.52 bits per heavy atom. The number of anilines is 1. The van der Waals surface area contributed by atoms with Crippen LogP contribution in [0, 0.1) is 5.92 Å². The smallest absolute Gasteiger partial charge is 0.341 e. The van der Waals surface area contributed by atoms with Gasteiger partial charge in [0.25, 0.3) is 5.91 Å². The number of rotatable bonds is 7. The molecule has 0 saturated heterocycles. The molecule has 1 aromatic rings. The van der Waals surface area contributed by atoms with Gasteiger partial charge >= 0.3 is 5.97 Å². The van der Waals surface area contributed by atoms with Crippen LogP contribution < -0.4 is 10.6 Å². The third kappa shape index (κ3) is 4.42. The number of carbonyl (C=O) groups is 2. The monoisotopic (exact) mass is 337 g/mol. The largest absolute Gasteiger partial charge is 0.462 e. The van der Waals surface area contributed by atoms with Gasteiger partial charge in [0.1, 0.15) is 5.00 Å². The first kappa shape index (κ1) is 17.7. The third-order valence-electron chi connectivity index (χ3n) is 3.91. The van der Waals surface area contributed by atoms with Gasteiger partial charge in [0.2, 0.25) is 0 Å². The minimum atomic E-state index is -0.329. The molecular formula is C17H25N2O3S+. The Kier molecular flexibility index (Phi) is 6.36. The Morgan fingerprint density at radius 3 is 3.00 bits per heavy atom. The van der Waals surface area contributed by atoms with E-state index in [9.17, 15) is 9.59 Å². The van der Waals surface area contributed by atoms with Crippen LogP contribution in [-0.4, -0.2) is 31.6 Å². The quantitative estimate of drug-likeness (QED) is 0.452. The second-order valence-corrected chi connectivity index (χ2v) is 6.95. The van der Waals surface area contributed by atoms with Crippen LogP contribution in [0.2, 0.25) is 0 Å². The molecule has 126 valence electrons. The van der Waals surface area contributed by atoms with Crippen LogP contribution in [0.15, 0.2) is 12.7 Å². The van der Waals surface area contributed by atoms with Crippen molar-refractivity contribution < 1.29 is 19.6 Å². The van der Waals surface area contributed by atoms with E-state index in [0.29, 0.717) is 36.2 Å². The van der Waals surface area contributed by atoms with Gasteiger partial charge in [0.15, 0.2) is 6.54 Å². The molecule has 1 aliphatic rings. The maximum Gasteiger partial charge on any atom is 0.341 e. The van der Waals surface area contributed by atoms with Crippen LogP contribution in [0.25, 0.3) is 0 Å². The van der Waals surface area contributed by atoms with Gasteiger partial charge in [-0.2, -0.15) is 0 Å². The summed E-state index contributed by atoms with van der Waals surface area (Å²) >= 11 is 1.52. The lowest BCUT2D eigenvalue weighted by atomic mass is 9.88. The summed E-state index contributed by atoms with van der Waals surface area (Å²) in [5.41, 5.74) is 1.63. The molecule has 0 aromatic carbocycles. The van der Waals surface area contributed by atoms with Gasteiger partial charge in [-0.15, -0.1) is 11.3 Å². The van der Waals surface area contributed by atoms with Crippen molar-refractivity contribution in [3.63, 3.8) is 0 Å². The van der Waals surface area contributed by atoms with Crippen molar-refractivity contribution in [2.75, 3.05) is 25.0 Å². The highest BCUT2D eigenvalue weighted by atomic mass is 32.1. The van der Waals surface area contributed by atoms with Gasteiger partial charge in [-0.05, 0) is 43.7 Å². The Bertz CT molecular complexity index is 595. The number of fused-ring (bicyclic) bond motifs is 1. The number of hydrogen-bond acceptors (Lipinski definition) is 4. The first-order valence-corrected chi connectivity index (χ1v) is 8.92. The van der Waals surface area contributed by atoms with Gasteiger partial charge in [0, 0.05) is 4.88 Å². The minimum absolute atomic E-state index is 0.107. The summed E-state index contributed by atoms with van der Waals surface area (Å²) < 4.78 is 5.20. The molecule has 1 atom stereocenters. The zero-order valence-corrected chi connectivity index (χ0v) is 14.6. The van der Waals surface area contributed by atoms with Crippen LogP contribution in [0.1, 0.15) is 41.1 Å². The zero-order valence-electron chi connectivity index (χ0n) is 13.8. The standard InChI is InChI=1S/C17H24N2O3S/c1-4-8-18-10-14(20)19-16-15(17(21)22-5-2)12-7-6-11(3)9-13(12)23-16/h4,11,18H,1,5-10H2,2-3H3,(H,19,20)/p+1. The molecule has 1 aliphatic carbocycles. The average molecular weight is 337 g/mol. The van der Waals surface area contributed by atoms with E-state index in [1.807, 2.05) is 5.32 Å². The Morgan fingerprint density at radius 2 is 2.30 bits per heavy atom. The first-order chi connectivity index (χ1) is 11.1. The van der Waals surface area contributed by atoms with E-state index in [-0.39, 0.29) is 11.9 Å². The van der Waals surface area contributed by atoms with Gasteiger partial charge in [-0.1, -0.05) is 13.5 Å². The molecule has 0 aliphatic heterocycles. The molecule has 0 bridgehead atoms. The summed E-state index contributed by atoms with van der Waals surface area (Å²) in [5.74, 6) is 0.176. The molecule has 5 nitrogen and oxygen atoms in total. The number of carbonyl (C=O) groups excluding carboxylic acids is 2. The number of hydrogen-bond donors (Lipinski definition) is 2. The summed E-state index contributed by atoms with van der Waals surface area (Å²) in [5, 5.41) is 5.40. The van der Waals surface area contributed by atoms with E-state index in [2.05, 4.69) is 18.8 Å². The maximum absolute atomic E-state index is 12.3. The molecule has 2 rings (SSSR count). The summed E-state index contributed by atoms with van der Waals surface area (Å²) in [6, 6.07) is 0. The van der Waals surface area contributed by atoms with Crippen molar-refractivity contribution in [1.29, 1.82) is 0 Å². The normalized spacial score (nSPS) is 16.5. The summed E-state index contributed by atoms with van der Waals surface area (Å²) in [7, 11) is 0. The van der Waals surface area contributed by atoms with Crippen molar-refractivity contribution in [3.05, 3.63) is 28.7 Å². The molecule has 23 heavy (non-hydrogen) atoms. The second kappa shape index (κ2) is 8.26. The predicted molar refractivity (Wildman–Crippen MR) is 92.0 cm³/mol. The van der Waals surface area contributed by atoms with E-state index in [4.69, 9.17) is 4.74 Å². The van der Waals surface area contributed by atoms with E-state index in [0.717, 1.165) is 24.8 Å². The molecular weight excluding hydrogens is 312 g/mol. The minimum Gasteiger partial charge on any atom is -0.462 e. The van der Waals surface area contributed by atoms with Crippen molar-refractivity contribution >= 4 is 28.2 Å². The third-order valence-corrected chi connectivity index (χ3v) is 5.08. The number of quaternary nitrogens is 1. The molecule has 1 amide bonds. The van der Waals surface area contributed by atoms with Crippen LogP contribution >= 0.6 is 11.3 Å². The fourth-order valence-corrected chi connectivity index (χ4v) is 4.18. The van der Waals surface area contributed by atoms with Crippen molar-refractivity contribution in [2.45, 2.75) is 33.1 Å². The number of amides is 1. The van der Waals surface area contributed by atoms with Gasteiger partial charge in [-0.25, -0.2) is 4.79 Å². The lowest BCUT2D eigenvalue weighted by Crippen LogP contribution is -2.86. The fraction of sp³-hybridized carbons (Fsp3) is 0.529. The molecule has 6 heteroatoms. The van der Waals surface area contributed by atoms with E-state index >= 15 is 0 Å². The van der Waals surface area contributed by atoms with E-state index < -0.39 is 0 Å². The van der Waals surface area contributed by atoms with E-state index in [1.165, 1.54) is 16.2 Å². The molecule has 3 N–H and O–H groups in total. The van der Waals surface area contributed by atoms with E-state index in [1.54, 1.807) is 13.0 Å². The number of nitrogens with two attached hydrogens (primary N) is 1. The second-order valence-electron chi connectivity index (χ2n) is 5.84. The maximum atomic E-state index is 12.3. The topological polar surface area (TPSA) is 72.0 Å². The number of esters is 1. The highest BCUT2D eigenvalue weighted by Crippen LogP contribution is 2.39. The molecule has 0 spiro atoms. The van der Waals surface area contributed by atoms with Crippen molar-refractivity contribution in [3.8, 4) is 0 Å². The van der Waals surface area contributed by atoms with Gasteiger partial charge in [-0.3, -0.25) is 4.79 Å². The van der Waals surface area contributed by atoms with Crippen LogP contribution in [-0.2, 0) is 22.4 Å². The molecule has 1 unspecified atom stereocenters. The Balaban J connectivity index is 2.21. The molecule has 0 radical (unpaired) electrons. The highest BCUT2D eigenvalue weighted by Gasteiger charge is 2.29. The molecule has 0 fully saturated rings. The molecule has 0 saturated carbocycles. The lowest BCUT2D eigenvalue weighted by molar-refractivity contribution is -0.634. The summed E-state index contributed by atoms with van der Waals surface area (Å²) in [6.45, 7) is 8.98. The molecule has 1 aromatic heterocycles. The number of ether oxygens (including phenoxy) is 1. The highest BCUT2D eigenvalue weighted by molar-refractivity contribution is 7.17. The Labute approximate surface area is 141 Å². The number of nitrogens with one attached hydrogen (secondary N) is 1. The first-order valence-electron chi connectivity index (χ1n) is 8.10. The Hall–Kier alpha value is -1.66. The van der Waals surface area contributed by atoms with Gasteiger partial charge < -0.3 is 15.4 Å².